The van der Waals surface area contributed by atoms with Gasteiger partial charge in [-0.25, -0.2) is 4.39 Å². The van der Waals surface area contributed by atoms with Crippen molar-refractivity contribution in [2.45, 2.75) is 20.0 Å². The van der Waals surface area contributed by atoms with Gasteiger partial charge in [0.15, 0.2) is 11.5 Å². The van der Waals surface area contributed by atoms with E-state index in [1.54, 1.807) is 24.3 Å². The van der Waals surface area contributed by atoms with E-state index in [1.807, 2.05) is 13.8 Å². The summed E-state index contributed by atoms with van der Waals surface area (Å²) in [4.78, 5) is 38.2. The van der Waals surface area contributed by atoms with Crippen LogP contribution < -0.4 is 14.8 Å². The van der Waals surface area contributed by atoms with E-state index in [2.05, 4.69) is 5.32 Å². The van der Waals surface area contributed by atoms with Gasteiger partial charge in [-0.05, 0) is 73.6 Å². The highest BCUT2D eigenvalue weighted by atomic mass is 32.2. The van der Waals surface area contributed by atoms with Gasteiger partial charge in [-0.15, -0.1) is 0 Å². The van der Waals surface area contributed by atoms with E-state index >= 15 is 0 Å². The Morgan fingerprint density at radius 2 is 1.87 bits per heavy atom. The Morgan fingerprint density at radius 3 is 2.52 bits per heavy atom. The van der Waals surface area contributed by atoms with Crippen molar-refractivity contribution in [1.82, 2.24) is 4.90 Å². The molecule has 0 unspecified atom stereocenters. The van der Waals surface area contributed by atoms with E-state index in [0.29, 0.717) is 22.7 Å². The van der Waals surface area contributed by atoms with Crippen LogP contribution in [0.15, 0.2) is 47.4 Å². The average Bonchev–Trinajstić information content (AvgIpc) is 2.97. The second-order valence-electron chi connectivity index (χ2n) is 6.90. The van der Waals surface area contributed by atoms with Crippen LogP contribution in [0.3, 0.4) is 0 Å². The number of thioether (sulfide) groups is 1. The Labute approximate surface area is 183 Å². The molecule has 0 radical (unpaired) electrons. The van der Waals surface area contributed by atoms with Crippen molar-refractivity contribution in [3.8, 4) is 11.5 Å². The molecule has 0 atom stereocenters. The topological polar surface area (TPSA) is 84.9 Å². The predicted molar refractivity (Wildman–Crippen MR) is 116 cm³/mol. The number of nitrogens with one attached hydrogen (secondary N) is 1. The summed E-state index contributed by atoms with van der Waals surface area (Å²) in [6, 6.07) is 10.4. The minimum Gasteiger partial charge on any atom is -0.493 e. The van der Waals surface area contributed by atoms with Gasteiger partial charge in [0.25, 0.3) is 11.1 Å². The first-order chi connectivity index (χ1) is 14.8. The second-order valence-corrected chi connectivity index (χ2v) is 7.89. The number of imide groups is 1. The number of nitrogens with zero attached hydrogens (tertiary/aromatic N) is 1. The number of ether oxygens (including phenoxy) is 2. The number of hydrogen-bond acceptors (Lipinski definition) is 6. The second kappa shape index (κ2) is 9.65. The quantitative estimate of drug-likeness (QED) is 0.641. The fourth-order valence-electron chi connectivity index (χ4n) is 2.79. The lowest BCUT2D eigenvalue weighted by molar-refractivity contribution is -0.127. The zero-order valence-corrected chi connectivity index (χ0v) is 18.0. The van der Waals surface area contributed by atoms with Crippen LogP contribution in [0.5, 0.6) is 11.5 Å². The number of carbonyl (C=O) groups excluding carboxylic acids is 3. The van der Waals surface area contributed by atoms with Crippen LogP contribution in [0.4, 0.5) is 14.9 Å². The molecule has 31 heavy (non-hydrogen) atoms. The summed E-state index contributed by atoms with van der Waals surface area (Å²) in [5, 5.41) is 1.98. The summed E-state index contributed by atoms with van der Waals surface area (Å²) in [6.07, 6.45) is 1.53. The molecule has 0 saturated carbocycles. The predicted octanol–water partition coefficient (Wildman–Crippen LogP) is 4.30. The van der Waals surface area contributed by atoms with E-state index in [-0.39, 0.29) is 11.0 Å². The fraction of sp³-hybridized carbons (Fsp3) is 0.227. The molecule has 1 fully saturated rings. The summed E-state index contributed by atoms with van der Waals surface area (Å²) >= 11 is 0.752. The Kier molecular flexibility index (Phi) is 6.96. The highest BCUT2D eigenvalue weighted by Gasteiger charge is 2.36. The number of hydrogen-bond donors (Lipinski definition) is 1. The molecule has 0 bridgehead atoms. The molecule has 0 spiro atoms. The highest BCUT2D eigenvalue weighted by molar-refractivity contribution is 8.18. The van der Waals surface area contributed by atoms with E-state index in [1.165, 1.54) is 31.4 Å². The lowest BCUT2D eigenvalue weighted by Gasteiger charge is -2.14. The molecule has 0 aliphatic carbocycles. The zero-order valence-electron chi connectivity index (χ0n) is 17.2. The molecule has 2 aromatic carbocycles. The van der Waals surface area contributed by atoms with Crippen LogP contribution in [0, 0.1) is 5.82 Å². The number of amides is 3. The molecule has 1 aliphatic heterocycles. The molecule has 7 nitrogen and oxygen atoms in total. The van der Waals surface area contributed by atoms with Gasteiger partial charge in [0.1, 0.15) is 12.4 Å². The molecule has 1 saturated heterocycles. The number of halogens is 1. The molecule has 3 amide bonds. The lowest BCUT2D eigenvalue weighted by atomic mass is 10.2. The Bertz CT molecular complexity index is 1040. The summed E-state index contributed by atoms with van der Waals surface area (Å²) in [5.74, 6) is -0.493. The van der Waals surface area contributed by atoms with Crippen molar-refractivity contribution in [1.29, 1.82) is 0 Å². The van der Waals surface area contributed by atoms with E-state index in [9.17, 15) is 18.8 Å². The van der Waals surface area contributed by atoms with Crippen LogP contribution >= 0.6 is 11.8 Å². The van der Waals surface area contributed by atoms with E-state index in [0.717, 1.165) is 16.7 Å². The number of rotatable bonds is 7. The van der Waals surface area contributed by atoms with Crippen molar-refractivity contribution in [3.63, 3.8) is 0 Å². The Hall–Kier alpha value is -3.33. The molecule has 3 rings (SSSR count). The highest BCUT2D eigenvalue weighted by Crippen LogP contribution is 2.34. The molecular weight excluding hydrogens is 423 g/mol. The third kappa shape index (κ3) is 5.64. The normalized spacial score (nSPS) is 15.0. The van der Waals surface area contributed by atoms with Gasteiger partial charge in [0, 0.05) is 5.69 Å². The van der Waals surface area contributed by atoms with Crippen LogP contribution in [-0.2, 0) is 9.59 Å². The van der Waals surface area contributed by atoms with Crippen LogP contribution in [-0.4, -0.2) is 41.7 Å². The van der Waals surface area contributed by atoms with Crippen molar-refractivity contribution in [2.75, 3.05) is 19.0 Å². The molecule has 162 valence electrons. The van der Waals surface area contributed by atoms with Gasteiger partial charge in [-0.2, -0.15) is 0 Å². The first-order valence-corrected chi connectivity index (χ1v) is 10.2. The molecule has 9 heteroatoms. The molecular formula is C22H21FN2O5S. The largest absolute Gasteiger partial charge is 0.493 e. The van der Waals surface area contributed by atoms with E-state index in [4.69, 9.17) is 9.47 Å². The number of anilines is 1. The van der Waals surface area contributed by atoms with Gasteiger partial charge in [-0.1, -0.05) is 6.07 Å². The molecule has 1 heterocycles. The summed E-state index contributed by atoms with van der Waals surface area (Å²) < 4.78 is 24.0. The van der Waals surface area contributed by atoms with Crippen LogP contribution in [0.1, 0.15) is 19.4 Å². The number of carbonyl (C=O) groups is 3. The third-order valence-electron chi connectivity index (χ3n) is 4.15. The van der Waals surface area contributed by atoms with E-state index < -0.39 is 29.4 Å². The van der Waals surface area contributed by atoms with Gasteiger partial charge >= 0.3 is 0 Å². The fourth-order valence-corrected chi connectivity index (χ4v) is 3.63. The maximum Gasteiger partial charge on any atom is 0.294 e. The van der Waals surface area contributed by atoms with Gasteiger partial charge in [0.05, 0.1) is 18.1 Å². The number of methoxy groups -OCH3 is 1. The molecule has 1 aliphatic rings. The minimum atomic E-state index is -0.564. The Balaban J connectivity index is 1.71. The summed E-state index contributed by atoms with van der Waals surface area (Å²) in [5.41, 5.74) is 1.01. The number of benzene rings is 2. The molecule has 0 aromatic heterocycles. The van der Waals surface area contributed by atoms with Gasteiger partial charge < -0.3 is 14.8 Å². The standard InChI is InChI=1S/C22H21FN2O5S/c1-13(2)30-17-9-4-14(10-18(17)29-3)11-19-21(27)25(22(28)31-19)12-20(26)24-16-7-5-15(23)6-8-16/h4-11,13H,12H2,1-3H3,(H,24,26)/b19-11-. The molecule has 2 aromatic rings. The zero-order chi connectivity index (χ0) is 22.5. The average molecular weight is 444 g/mol. The van der Waals surface area contributed by atoms with Gasteiger partial charge in [-0.3, -0.25) is 19.3 Å². The maximum atomic E-state index is 13.0. The van der Waals surface area contributed by atoms with Crippen molar-refractivity contribution in [2.24, 2.45) is 0 Å². The minimum absolute atomic E-state index is 0.0303. The summed E-state index contributed by atoms with van der Waals surface area (Å²) in [7, 11) is 1.51. The molecule has 1 N–H and O–H groups in total. The monoisotopic (exact) mass is 444 g/mol. The first-order valence-electron chi connectivity index (χ1n) is 9.42. The Morgan fingerprint density at radius 1 is 1.16 bits per heavy atom. The van der Waals surface area contributed by atoms with Crippen molar-refractivity contribution < 1.29 is 28.2 Å². The smallest absolute Gasteiger partial charge is 0.294 e. The first kappa shape index (κ1) is 22.4. The lowest BCUT2D eigenvalue weighted by Crippen LogP contribution is -2.36. The van der Waals surface area contributed by atoms with Crippen molar-refractivity contribution >= 4 is 40.6 Å². The summed E-state index contributed by atoms with van der Waals surface area (Å²) in [6.45, 7) is 3.36. The van der Waals surface area contributed by atoms with Crippen LogP contribution in [0.25, 0.3) is 6.08 Å². The van der Waals surface area contributed by atoms with Crippen molar-refractivity contribution in [3.05, 3.63) is 58.8 Å². The van der Waals surface area contributed by atoms with Gasteiger partial charge in [0.2, 0.25) is 5.91 Å². The third-order valence-corrected chi connectivity index (χ3v) is 5.06. The van der Waals surface area contributed by atoms with Crippen LogP contribution in [0.2, 0.25) is 0 Å². The maximum absolute atomic E-state index is 13.0. The SMILES string of the molecule is COc1cc(/C=C2\SC(=O)N(CC(=O)Nc3ccc(F)cc3)C2=O)ccc1OC(C)C.